The number of hydrogen-bond donors (Lipinski definition) is 2. The smallest absolute Gasteiger partial charge is 0.224 e. The summed E-state index contributed by atoms with van der Waals surface area (Å²) < 4.78 is 5.41. The zero-order valence-corrected chi connectivity index (χ0v) is 12.1. The fourth-order valence-electron chi connectivity index (χ4n) is 2.06. The first kappa shape index (κ1) is 15.7. The Morgan fingerprint density at radius 1 is 1.53 bits per heavy atom. The normalized spacial score (nSPS) is 14.4. The van der Waals surface area contributed by atoms with Crippen LogP contribution in [0.5, 0.6) is 0 Å². The van der Waals surface area contributed by atoms with Crippen LogP contribution in [-0.2, 0) is 4.79 Å². The molecule has 1 aromatic heterocycles. The molecule has 0 aliphatic rings. The van der Waals surface area contributed by atoms with Gasteiger partial charge in [-0.25, -0.2) is 0 Å². The molecular weight excluding hydrogens is 242 g/mol. The Kier molecular flexibility index (Phi) is 6.59. The van der Waals surface area contributed by atoms with Gasteiger partial charge >= 0.3 is 0 Å². The van der Waals surface area contributed by atoms with Crippen LogP contribution in [0.25, 0.3) is 0 Å². The van der Waals surface area contributed by atoms with Gasteiger partial charge in [-0.1, -0.05) is 13.3 Å². The summed E-state index contributed by atoms with van der Waals surface area (Å²) in [5.74, 6) is 0.789. The van der Waals surface area contributed by atoms with Crippen LogP contribution in [0.1, 0.15) is 31.6 Å². The summed E-state index contributed by atoms with van der Waals surface area (Å²) in [6.07, 6.45) is 3.44. The summed E-state index contributed by atoms with van der Waals surface area (Å²) in [6.45, 7) is 2.98. The summed E-state index contributed by atoms with van der Waals surface area (Å²) in [5.41, 5.74) is 5.63. The average Bonchev–Trinajstić information content (AvgIpc) is 2.89. The number of carbonyl (C=O) groups is 1. The molecule has 1 amide bonds. The van der Waals surface area contributed by atoms with Gasteiger partial charge in [-0.2, -0.15) is 0 Å². The SMILES string of the molecule is CCCC(CN)C(=O)NCC(c1ccco1)N(C)C. The molecule has 5 nitrogen and oxygen atoms in total. The maximum absolute atomic E-state index is 12.0. The number of rotatable bonds is 8. The van der Waals surface area contributed by atoms with Crippen molar-refractivity contribution < 1.29 is 9.21 Å². The molecule has 0 aliphatic carbocycles. The minimum Gasteiger partial charge on any atom is -0.468 e. The highest BCUT2D eigenvalue weighted by Crippen LogP contribution is 2.17. The number of likely N-dealkylation sites (N-methyl/N-ethyl adjacent to an activating group) is 1. The third-order valence-electron chi connectivity index (χ3n) is 3.26. The molecule has 1 aromatic rings. The van der Waals surface area contributed by atoms with Crippen molar-refractivity contribution in [2.24, 2.45) is 11.7 Å². The molecule has 0 saturated carbocycles. The second-order valence-corrected chi connectivity index (χ2v) is 4.96. The van der Waals surface area contributed by atoms with E-state index < -0.39 is 0 Å². The Hall–Kier alpha value is -1.33. The minimum absolute atomic E-state index is 0.0303. The van der Waals surface area contributed by atoms with Crippen LogP contribution in [0, 0.1) is 5.92 Å². The molecule has 1 heterocycles. The molecule has 0 radical (unpaired) electrons. The predicted octanol–water partition coefficient (Wildman–Crippen LogP) is 1.37. The number of furan rings is 1. The summed E-state index contributed by atoms with van der Waals surface area (Å²) >= 11 is 0. The fourth-order valence-corrected chi connectivity index (χ4v) is 2.06. The van der Waals surface area contributed by atoms with Gasteiger partial charge in [-0.05, 0) is 32.6 Å². The molecule has 2 atom stereocenters. The number of amides is 1. The van der Waals surface area contributed by atoms with E-state index in [0.29, 0.717) is 13.1 Å². The monoisotopic (exact) mass is 267 g/mol. The molecular formula is C14H25N3O2. The molecule has 2 unspecified atom stereocenters. The molecule has 1 rings (SSSR count). The first-order valence-electron chi connectivity index (χ1n) is 6.77. The Morgan fingerprint density at radius 2 is 2.26 bits per heavy atom. The lowest BCUT2D eigenvalue weighted by atomic mass is 10.0. The molecule has 19 heavy (non-hydrogen) atoms. The van der Waals surface area contributed by atoms with Crippen LogP contribution in [0.3, 0.4) is 0 Å². The third kappa shape index (κ3) is 4.69. The van der Waals surface area contributed by atoms with Crippen LogP contribution >= 0.6 is 0 Å². The van der Waals surface area contributed by atoms with Crippen molar-refractivity contribution in [1.29, 1.82) is 0 Å². The maximum atomic E-state index is 12.0. The van der Waals surface area contributed by atoms with E-state index in [9.17, 15) is 4.79 Å². The average molecular weight is 267 g/mol. The molecule has 0 spiro atoms. The van der Waals surface area contributed by atoms with E-state index in [1.54, 1.807) is 6.26 Å². The second-order valence-electron chi connectivity index (χ2n) is 4.96. The minimum atomic E-state index is -0.0931. The van der Waals surface area contributed by atoms with Crippen molar-refractivity contribution in [2.45, 2.75) is 25.8 Å². The third-order valence-corrected chi connectivity index (χ3v) is 3.26. The zero-order valence-electron chi connectivity index (χ0n) is 12.1. The molecule has 0 fully saturated rings. The number of carbonyl (C=O) groups excluding carboxylic acids is 1. The van der Waals surface area contributed by atoms with Gasteiger partial charge in [0.15, 0.2) is 0 Å². The van der Waals surface area contributed by atoms with Gasteiger partial charge in [-0.15, -0.1) is 0 Å². The fraction of sp³-hybridized carbons (Fsp3) is 0.643. The van der Waals surface area contributed by atoms with Crippen LogP contribution in [0.4, 0.5) is 0 Å². The number of nitrogens with zero attached hydrogens (tertiary/aromatic N) is 1. The lowest BCUT2D eigenvalue weighted by Gasteiger charge is -2.23. The highest BCUT2D eigenvalue weighted by Gasteiger charge is 2.20. The van der Waals surface area contributed by atoms with Crippen molar-refractivity contribution in [3.63, 3.8) is 0 Å². The van der Waals surface area contributed by atoms with E-state index in [-0.39, 0.29) is 17.9 Å². The van der Waals surface area contributed by atoms with Crippen molar-refractivity contribution in [1.82, 2.24) is 10.2 Å². The van der Waals surface area contributed by atoms with E-state index in [2.05, 4.69) is 12.2 Å². The second kappa shape index (κ2) is 7.96. The van der Waals surface area contributed by atoms with E-state index in [0.717, 1.165) is 18.6 Å². The largest absolute Gasteiger partial charge is 0.468 e. The van der Waals surface area contributed by atoms with Crippen LogP contribution in [0.2, 0.25) is 0 Å². The summed E-state index contributed by atoms with van der Waals surface area (Å²) in [4.78, 5) is 14.0. The standard InChI is InChI=1S/C14H25N3O2/c1-4-6-11(9-15)14(18)16-10-12(17(2)3)13-7-5-8-19-13/h5,7-8,11-12H,4,6,9-10,15H2,1-3H3,(H,16,18). The molecule has 0 saturated heterocycles. The van der Waals surface area contributed by atoms with Gasteiger partial charge in [0.1, 0.15) is 5.76 Å². The molecule has 108 valence electrons. The van der Waals surface area contributed by atoms with Gasteiger partial charge in [-0.3, -0.25) is 9.69 Å². The molecule has 0 bridgehead atoms. The Bertz CT molecular complexity index is 363. The molecule has 0 aliphatic heterocycles. The van der Waals surface area contributed by atoms with Gasteiger partial charge in [0.05, 0.1) is 18.2 Å². The molecule has 3 N–H and O–H groups in total. The number of nitrogens with two attached hydrogens (primary N) is 1. The lowest BCUT2D eigenvalue weighted by molar-refractivity contribution is -0.125. The van der Waals surface area contributed by atoms with Crippen molar-refractivity contribution >= 4 is 5.91 Å². The first-order chi connectivity index (χ1) is 9.10. The van der Waals surface area contributed by atoms with Crippen molar-refractivity contribution in [3.8, 4) is 0 Å². The Labute approximate surface area is 115 Å². The number of hydrogen-bond acceptors (Lipinski definition) is 4. The van der Waals surface area contributed by atoms with E-state index in [4.69, 9.17) is 10.2 Å². The van der Waals surface area contributed by atoms with Gasteiger partial charge in [0, 0.05) is 13.1 Å². The van der Waals surface area contributed by atoms with Gasteiger partial charge in [0.25, 0.3) is 0 Å². The van der Waals surface area contributed by atoms with Gasteiger partial charge < -0.3 is 15.5 Å². The maximum Gasteiger partial charge on any atom is 0.224 e. The summed E-state index contributed by atoms with van der Waals surface area (Å²) in [7, 11) is 3.93. The van der Waals surface area contributed by atoms with Crippen molar-refractivity contribution in [3.05, 3.63) is 24.2 Å². The first-order valence-corrected chi connectivity index (χ1v) is 6.77. The van der Waals surface area contributed by atoms with Crippen LogP contribution in [0.15, 0.2) is 22.8 Å². The van der Waals surface area contributed by atoms with Crippen molar-refractivity contribution in [2.75, 3.05) is 27.2 Å². The lowest BCUT2D eigenvalue weighted by Crippen LogP contribution is -2.39. The van der Waals surface area contributed by atoms with Crippen LogP contribution in [-0.4, -0.2) is 38.0 Å². The van der Waals surface area contributed by atoms with E-state index in [1.807, 2.05) is 31.1 Å². The number of nitrogens with one attached hydrogen (secondary N) is 1. The van der Waals surface area contributed by atoms with E-state index >= 15 is 0 Å². The Morgan fingerprint density at radius 3 is 2.74 bits per heavy atom. The summed E-state index contributed by atoms with van der Waals surface area (Å²) in [5, 5.41) is 2.97. The zero-order chi connectivity index (χ0) is 14.3. The van der Waals surface area contributed by atoms with E-state index in [1.165, 1.54) is 0 Å². The van der Waals surface area contributed by atoms with Crippen LogP contribution < -0.4 is 11.1 Å². The highest BCUT2D eigenvalue weighted by molar-refractivity contribution is 5.78. The van der Waals surface area contributed by atoms with Gasteiger partial charge in [0.2, 0.25) is 5.91 Å². The molecule has 5 heteroatoms. The predicted molar refractivity (Wildman–Crippen MR) is 75.6 cm³/mol. The highest BCUT2D eigenvalue weighted by atomic mass is 16.3. The molecule has 0 aromatic carbocycles. The summed E-state index contributed by atoms with van der Waals surface area (Å²) in [6, 6.07) is 3.82. The topological polar surface area (TPSA) is 71.5 Å². The quantitative estimate of drug-likeness (QED) is 0.746. The Balaban J connectivity index is 2.55.